The van der Waals surface area contributed by atoms with Crippen LogP contribution in [0.2, 0.25) is 10.0 Å². The first-order valence-electron chi connectivity index (χ1n) is 11.0. The summed E-state index contributed by atoms with van der Waals surface area (Å²) in [5, 5.41) is 1.50. The molecule has 1 aliphatic carbocycles. The van der Waals surface area contributed by atoms with Gasteiger partial charge >= 0.3 is 6.09 Å². The maximum atomic E-state index is 13.3. The highest BCUT2D eigenvalue weighted by molar-refractivity contribution is 8.17. The molecular weight excluding hydrogens is 486 g/mol. The second-order valence-corrected chi connectivity index (χ2v) is 12.4. The molecule has 1 fully saturated rings. The zero-order chi connectivity index (χ0) is 22.9. The van der Waals surface area contributed by atoms with Gasteiger partial charge in [0.15, 0.2) is 6.42 Å². The molecule has 5 nitrogen and oxygen atoms in total. The number of rotatable bonds is 6. The lowest BCUT2D eigenvalue weighted by atomic mass is 9.98. The molecule has 9 heteroatoms. The van der Waals surface area contributed by atoms with Crippen LogP contribution in [-0.4, -0.2) is 25.3 Å². The molecule has 4 rings (SSSR count). The van der Waals surface area contributed by atoms with Crippen LogP contribution >= 0.6 is 29.6 Å². The topological polar surface area (TPSA) is 42.0 Å². The number of nitrogens with zero attached hydrogens (tertiary/aromatic N) is 2. The van der Waals surface area contributed by atoms with Gasteiger partial charge in [-0.05, 0) is 68.8 Å². The van der Waals surface area contributed by atoms with E-state index in [1.54, 1.807) is 18.2 Å². The predicted octanol–water partition coefficient (Wildman–Crippen LogP) is 7.14. The highest BCUT2D eigenvalue weighted by atomic mass is 35.5. The Labute approximate surface area is 204 Å². The second-order valence-electron chi connectivity index (χ2n) is 7.99. The van der Waals surface area contributed by atoms with Gasteiger partial charge in [0.2, 0.25) is 0 Å². The van der Waals surface area contributed by atoms with Crippen LogP contribution in [0.3, 0.4) is 0 Å². The van der Waals surface area contributed by atoms with Gasteiger partial charge in [0, 0.05) is 24.8 Å². The fraction of sp³-hybridized carbons (Fsp3) is 0.435. The summed E-state index contributed by atoms with van der Waals surface area (Å²) in [6, 6.07) is 10.9. The normalized spacial score (nSPS) is 21.2. The first-order valence-corrected chi connectivity index (χ1v) is 14.5. The summed E-state index contributed by atoms with van der Waals surface area (Å²) in [7, 11) is 0. The molecular formula is C23H27Cl2N2O3PS. The van der Waals surface area contributed by atoms with E-state index in [2.05, 4.69) is 18.7 Å². The highest BCUT2D eigenvalue weighted by Crippen LogP contribution is 2.59. The van der Waals surface area contributed by atoms with E-state index in [-0.39, 0.29) is 6.10 Å². The maximum Gasteiger partial charge on any atom is 0.425 e. The van der Waals surface area contributed by atoms with E-state index >= 15 is 0 Å². The molecule has 1 aliphatic heterocycles. The van der Waals surface area contributed by atoms with E-state index in [1.807, 2.05) is 18.2 Å². The molecule has 172 valence electrons. The fourth-order valence-corrected chi connectivity index (χ4v) is 8.27. The summed E-state index contributed by atoms with van der Waals surface area (Å²) >= 11 is 18.6. The number of ether oxygens (including phenoxy) is 1. The Morgan fingerprint density at radius 2 is 1.81 bits per heavy atom. The Bertz CT molecular complexity index is 1060. The molecule has 1 heterocycles. The van der Waals surface area contributed by atoms with Gasteiger partial charge in [-0.3, -0.25) is 0 Å². The lowest BCUT2D eigenvalue weighted by molar-refractivity contribution is 0.170. The molecule has 0 N–H and O–H groups in total. The Morgan fingerprint density at radius 1 is 1.09 bits per heavy atom. The van der Waals surface area contributed by atoms with Crippen LogP contribution in [0.25, 0.3) is 0 Å². The van der Waals surface area contributed by atoms with E-state index in [4.69, 9.17) is 44.3 Å². The summed E-state index contributed by atoms with van der Waals surface area (Å²) in [5.41, 5.74) is 1.52. The molecule has 0 saturated heterocycles. The number of amides is 1. The van der Waals surface area contributed by atoms with Crippen LogP contribution in [0.4, 0.5) is 16.2 Å². The Morgan fingerprint density at radius 3 is 2.47 bits per heavy atom. The monoisotopic (exact) mass is 512 g/mol. The molecule has 2 aromatic rings. The third kappa shape index (κ3) is 4.53. The van der Waals surface area contributed by atoms with Crippen LogP contribution in [0, 0.1) is 0 Å². The minimum atomic E-state index is -2.99. The van der Waals surface area contributed by atoms with Crippen molar-refractivity contribution >= 4 is 64.2 Å². The molecule has 1 saturated carbocycles. The average molecular weight is 513 g/mol. The molecule has 2 aliphatic rings. The summed E-state index contributed by atoms with van der Waals surface area (Å²) in [4.78, 5) is 15.5. The van der Waals surface area contributed by atoms with Crippen LogP contribution < -0.4 is 19.6 Å². The van der Waals surface area contributed by atoms with Crippen molar-refractivity contribution in [3.63, 3.8) is 0 Å². The standard InChI is InChI=1S/C23H27Cl2N2O3PS/c1-3-26(4-2)16-11-13-22-21(15-16)29-23(28)27(17-10-12-19(24)20(25)14-17)31(22,32)30-18-8-6-5-7-9-18/h10-15,18H,3-9H2,1-2H3. The van der Waals surface area contributed by atoms with E-state index in [0.29, 0.717) is 21.5 Å². The first kappa shape index (κ1) is 23.8. The summed E-state index contributed by atoms with van der Waals surface area (Å²) in [6.45, 7) is 5.89. The second kappa shape index (κ2) is 9.90. The number of hydrogen-bond acceptors (Lipinski definition) is 5. The molecule has 1 unspecified atom stereocenters. The SMILES string of the molecule is CCN(CC)c1ccc2c(c1)OC(=O)N(c1ccc(Cl)c(Cl)c1)P2(=S)OC1CCCCC1. The smallest absolute Gasteiger partial charge is 0.409 e. The minimum Gasteiger partial charge on any atom is -0.409 e. The third-order valence-corrected chi connectivity index (χ3v) is 10.6. The van der Waals surface area contributed by atoms with Gasteiger partial charge in [-0.15, -0.1) is 0 Å². The van der Waals surface area contributed by atoms with Crippen molar-refractivity contribution in [1.29, 1.82) is 0 Å². The van der Waals surface area contributed by atoms with E-state index in [1.165, 1.54) is 11.1 Å². The lowest BCUT2D eigenvalue weighted by Crippen LogP contribution is -2.42. The summed E-state index contributed by atoms with van der Waals surface area (Å²) in [5.74, 6) is 0.481. The number of carbonyl (C=O) groups excluding carboxylic acids is 1. The zero-order valence-electron chi connectivity index (χ0n) is 18.2. The fourth-order valence-electron chi connectivity index (χ4n) is 4.31. The molecule has 1 atom stereocenters. The molecule has 1 amide bonds. The van der Waals surface area contributed by atoms with Gasteiger partial charge in [0.25, 0.3) is 0 Å². The molecule has 0 radical (unpaired) electrons. The largest absolute Gasteiger partial charge is 0.425 e. The molecule has 2 aromatic carbocycles. The number of anilines is 2. The average Bonchev–Trinajstić information content (AvgIpc) is 2.77. The van der Waals surface area contributed by atoms with Gasteiger partial charge in [0.05, 0.1) is 27.1 Å². The van der Waals surface area contributed by atoms with Crippen molar-refractivity contribution in [2.24, 2.45) is 0 Å². The van der Waals surface area contributed by atoms with Crippen LogP contribution in [0.5, 0.6) is 5.75 Å². The number of fused-ring (bicyclic) bond motifs is 1. The summed E-state index contributed by atoms with van der Waals surface area (Å²) < 4.78 is 14.0. The van der Waals surface area contributed by atoms with Gasteiger partial charge in [-0.2, -0.15) is 0 Å². The van der Waals surface area contributed by atoms with Crippen molar-refractivity contribution in [3.8, 4) is 5.75 Å². The minimum absolute atomic E-state index is 0.0149. The van der Waals surface area contributed by atoms with Crippen molar-refractivity contribution in [1.82, 2.24) is 0 Å². The number of halogens is 2. The quantitative estimate of drug-likeness (QED) is 0.384. The highest BCUT2D eigenvalue weighted by Gasteiger charge is 2.44. The lowest BCUT2D eigenvalue weighted by Gasteiger charge is -2.41. The molecule has 32 heavy (non-hydrogen) atoms. The molecule has 0 bridgehead atoms. The molecule has 0 spiro atoms. The van der Waals surface area contributed by atoms with E-state index in [9.17, 15) is 4.79 Å². The van der Waals surface area contributed by atoms with Gasteiger partial charge in [0.1, 0.15) is 5.75 Å². The third-order valence-electron chi connectivity index (χ3n) is 6.00. The van der Waals surface area contributed by atoms with Gasteiger partial charge < -0.3 is 14.2 Å². The van der Waals surface area contributed by atoms with Crippen molar-refractivity contribution in [2.75, 3.05) is 22.7 Å². The number of benzene rings is 2. The van der Waals surface area contributed by atoms with E-state index in [0.717, 1.165) is 49.8 Å². The Kier molecular flexibility index (Phi) is 7.38. The number of hydrogen-bond donors (Lipinski definition) is 0. The van der Waals surface area contributed by atoms with Gasteiger partial charge in [-0.25, -0.2) is 9.46 Å². The van der Waals surface area contributed by atoms with Crippen molar-refractivity contribution in [3.05, 3.63) is 46.4 Å². The zero-order valence-corrected chi connectivity index (χ0v) is 21.4. The molecule has 0 aromatic heterocycles. The van der Waals surface area contributed by atoms with E-state index < -0.39 is 12.5 Å². The predicted molar refractivity (Wildman–Crippen MR) is 137 cm³/mol. The van der Waals surface area contributed by atoms with Crippen LogP contribution in [-0.2, 0) is 16.3 Å². The van der Waals surface area contributed by atoms with Crippen molar-refractivity contribution in [2.45, 2.75) is 52.1 Å². The Hall–Kier alpha value is -1.30. The first-order chi connectivity index (χ1) is 15.4. The van der Waals surface area contributed by atoms with Crippen LogP contribution in [0.15, 0.2) is 36.4 Å². The van der Waals surface area contributed by atoms with Crippen molar-refractivity contribution < 1.29 is 14.1 Å². The maximum absolute atomic E-state index is 13.3. The van der Waals surface area contributed by atoms with Gasteiger partial charge in [-0.1, -0.05) is 42.5 Å². The number of carbonyl (C=O) groups is 1. The summed E-state index contributed by atoms with van der Waals surface area (Å²) in [6.07, 6.45) is 1.76. The Balaban J connectivity index is 1.82. The van der Waals surface area contributed by atoms with Crippen LogP contribution in [0.1, 0.15) is 46.0 Å².